The Hall–Kier alpha value is -2.62. The van der Waals surface area contributed by atoms with Gasteiger partial charge in [-0.25, -0.2) is 24.1 Å². The third-order valence-electron chi connectivity index (χ3n) is 6.70. The normalized spacial score (nSPS) is 21.2. The first kappa shape index (κ1) is 23.5. The fraction of sp³-hybridized carbons (Fsp3) is 0.739. The van der Waals surface area contributed by atoms with Crippen molar-refractivity contribution in [2.45, 2.75) is 78.0 Å². The average Bonchev–Trinajstić information content (AvgIpc) is 3.30. The number of nitrogens with zero attached hydrogens (tertiary/aromatic N) is 5. The van der Waals surface area contributed by atoms with Gasteiger partial charge in [0.1, 0.15) is 17.5 Å². The van der Waals surface area contributed by atoms with Crippen LogP contribution in [0.25, 0.3) is 0 Å². The molecular formula is C23H36N6O4. The van der Waals surface area contributed by atoms with E-state index in [2.05, 4.69) is 10.3 Å². The molecule has 1 atom stereocenters. The molecule has 0 aromatic carbocycles. The zero-order valence-corrected chi connectivity index (χ0v) is 20.2. The van der Waals surface area contributed by atoms with E-state index in [1.165, 1.54) is 6.42 Å². The highest BCUT2D eigenvalue weighted by molar-refractivity contribution is 5.86. The van der Waals surface area contributed by atoms with Gasteiger partial charge in [0.2, 0.25) is 5.91 Å². The largest absolute Gasteiger partial charge is 0.444 e. The van der Waals surface area contributed by atoms with Crippen molar-refractivity contribution >= 4 is 18.0 Å². The van der Waals surface area contributed by atoms with Crippen LogP contribution in [0.5, 0.6) is 0 Å². The molecule has 1 aromatic heterocycles. The van der Waals surface area contributed by atoms with Crippen molar-refractivity contribution in [2.24, 2.45) is 5.92 Å². The van der Waals surface area contributed by atoms with E-state index in [1.54, 1.807) is 15.8 Å². The van der Waals surface area contributed by atoms with E-state index >= 15 is 0 Å². The maximum atomic E-state index is 13.5. The Morgan fingerprint density at radius 2 is 1.79 bits per heavy atom. The average molecular weight is 461 g/mol. The molecule has 0 unspecified atom stereocenters. The molecule has 2 fully saturated rings. The lowest BCUT2D eigenvalue weighted by Crippen LogP contribution is -2.60. The van der Waals surface area contributed by atoms with E-state index < -0.39 is 17.7 Å². The van der Waals surface area contributed by atoms with E-state index in [0.29, 0.717) is 38.5 Å². The Morgan fingerprint density at radius 1 is 1.12 bits per heavy atom. The first-order valence-corrected chi connectivity index (χ1v) is 12.0. The van der Waals surface area contributed by atoms with Gasteiger partial charge >= 0.3 is 12.1 Å². The third kappa shape index (κ3) is 5.15. The number of aryl methyl sites for hydroxylation is 1. The predicted octanol–water partition coefficient (Wildman–Crippen LogP) is 2.51. The van der Waals surface area contributed by atoms with Gasteiger partial charge in [-0.15, -0.1) is 0 Å². The highest BCUT2D eigenvalue weighted by Gasteiger charge is 2.39. The molecule has 10 nitrogen and oxygen atoms in total. The number of rotatable bonds is 4. The molecule has 4 rings (SSSR count). The molecule has 1 aromatic rings. The van der Waals surface area contributed by atoms with Crippen LogP contribution in [0.3, 0.4) is 0 Å². The molecule has 0 spiro atoms. The maximum Gasteiger partial charge on any atom is 0.408 e. The number of hydrogen-bond acceptors (Lipinski definition) is 6. The Labute approximate surface area is 195 Å². The van der Waals surface area contributed by atoms with Crippen molar-refractivity contribution < 1.29 is 19.1 Å². The van der Waals surface area contributed by atoms with Crippen molar-refractivity contribution in [3.05, 3.63) is 17.7 Å². The number of carbonyl (C=O) groups excluding carboxylic acids is 3. The summed E-state index contributed by atoms with van der Waals surface area (Å²) >= 11 is 0. The highest BCUT2D eigenvalue weighted by Crippen LogP contribution is 2.28. The number of hydrazine groups is 1. The number of imidazole rings is 1. The standard InChI is InChI=1S/C23H36N6O4/c1-16-24-14-18-15-28(22(32)29(16)18)27-12-10-26(11-13-27)20(30)19(17-8-6-5-7-9-17)25-21(31)33-23(2,3)4/h14,17,19H,5-13,15H2,1-4H3,(H,25,31)/t19-/m1/s1. The molecule has 1 aliphatic carbocycles. The molecule has 3 amide bonds. The van der Waals surface area contributed by atoms with Gasteiger partial charge in [0.25, 0.3) is 0 Å². The summed E-state index contributed by atoms with van der Waals surface area (Å²) in [6.45, 7) is 9.92. The van der Waals surface area contributed by atoms with Crippen molar-refractivity contribution in [3.8, 4) is 0 Å². The number of alkyl carbamates (subject to hydrolysis) is 1. The maximum absolute atomic E-state index is 13.5. The molecule has 2 aliphatic heterocycles. The van der Waals surface area contributed by atoms with Crippen LogP contribution in [0.2, 0.25) is 0 Å². The molecule has 0 bridgehead atoms. The first-order chi connectivity index (χ1) is 15.6. The number of piperazine rings is 1. The Balaban J connectivity index is 1.38. The number of nitrogens with one attached hydrogen (secondary N) is 1. The molecular weight excluding hydrogens is 424 g/mol. The second kappa shape index (κ2) is 9.32. The van der Waals surface area contributed by atoms with Gasteiger partial charge in [-0.05, 0) is 46.5 Å². The fourth-order valence-electron chi connectivity index (χ4n) is 5.06. The van der Waals surface area contributed by atoms with Crippen molar-refractivity contribution in [1.82, 2.24) is 29.8 Å². The van der Waals surface area contributed by atoms with Gasteiger partial charge in [-0.3, -0.25) is 9.80 Å². The lowest BCUT2D eigenvalue weighted by atomic mass is 9.83. The Bertz CT molecular complexity index is 893. The van der Waals surface area contributed by atoms with Crippen LogP contribution in [0, 0.1) is 12.8 Å². The minimum Gasteiger partial charge on any atom is -0.444 e. The van der Waals surface area contributed by atoms with E-state index in [4.69, 9.17) is 4.74 Å². The Kier molecular flexibility index (Phi) is 6.65. The van der Waals surface area contributed by atoms with Crippen LogP contribution in [0.4, 0.5) is 9.59 Å². The van der Waals surface area contributed by atoms with Crippen molar-refractivity contribution in [1.29, 1.82) is 0 Å². The zero-order chi connectivity index (χ0) is 23.8. The van der Waals surface area contributed by atoms with E-state index in [0.717, 1.165) is 31.4 Å². The number of aromatic nitrogens is 2. The van der Waals surface area contributed by atoms with Gasteiger partial charge in [0.05, 0.1) is 18.4 Å². The number of carbonyl (C=O) groups is 3. The summed E-state index contributed by atoms with van der Waals surface area (Å²) in [7, 11) is 0. The summed E-state index contributed by atoms with van der Waals surface area (Å²) in [4.78, 5) is 44.9. The summed E-state index contributed by atoms with van der Waals surface area (Å²) in [6.07, 6.45) is 6.38. The van der Waals surface area contributed by atoms with Gasteiger partial charge < -0.3 is 15.0 Å². The fourth-order valence-corrected chi connectivity index (χ4v) is 5.06. The zero-order valence-electron chi connectivity index (χ0n) is 20.2. The van der Waals surface area contributed by atoms with Gasteiger partial charge in [0, 0.05) is 26.2 Å². The minimum atomic E-state index is -0.620. The number of ether oxygens (including phenoxy) is 1. The summed E-state index contributed by atoms with van der Waals surface area (Å²) < 4.78 is 7.09. The van der Waals surface area contributed by atoms with Crippen LogP contribution in [0.15, 0.2) is 6.20 Å². The van der Waals surface area contributed by atoms with Crippen molar-refractivity contribution in [3.63, 3.8) is 0 Å². The third-order valence-corrected chi connectivity index (χ3v) is 6.70. The molecule has 182 valence electrons. The van der Waals surface area contributed by atoms with Crippen LogP contribution in [-0.4, -0.2) is 80.3 Å². The monoisotopic (exact) mass is 460 g/mol. The van der Waals surface area contributed by atoms with E-state index in [1.807, 2.05) is 37.6 Å². The van der Waals surface area contributed by atoms with E-state index in [-0.39, 0.29) is 17.9 Å². The topological polar surface area (TPSA) is 100 Å². The number of amides is 3. The number of fused-ring (bicyclic) bond motifs is 1. The van der Waals surface area contributed by atoms with Gasteiger partial charge in [-0.2, -0.15) is 0 Å². The second-order valence-electron chi connectivity index (χ2n) is 10.3. The summed E-state index contributed by atoms with van der Waals surface area (Å²) in [5, 5.41) is 6.64. The molecule has 3 aliphatic rings. The SMILES string of the molecule is Cc1ncc2n1C(=O)N(N1CCN(C(=O)[C@H](NC(=O)OC(C)(C)C)C3CCCCC3)CC1)C2. The number of hydrogen-bond donors (Lipinski definition) is 1. The van der Waals surface area contributed by atoms with Gasteiger partial charge in [-0.1, -0.05) is 19.3 Å². The first-order valence-electron chi connectivity index (χ1n) is 12.0. The van der Waals surface area contributed by atoms with Crippen LogP contribution in [0.1, 0.15) is 64.4 Å². The lowest BCUT2D eigenvalue weighted by Gasteiger charge is -2.41. The molecule has 1 saturated carbocycles. The smallest absolute Gasteiger partial charge is 0.408 e. The quantitative estimate of drug-likeness (QED) is 0.741. The Morgan fingerprint density at radius 3 is 2.39 bits per heavy atom. The van der Waals surface area contributed by atoms with E-state index in [9.17, 15) is 14.4 Å². The molecule has 1 saturated heterocycles. The van der Waals surface area contributed by atoms with Crippen LogP contribution in [-0.2, 0) is 16.1 Å². The van der Waals surface area contributed by atoms with Gasteiger partial charge in [0.15, 0.2) is 0 Å². The van der Waals surface area contributed by atoms with Crippen LogP contribution >= 0.6 is 0 Å². The molecule has 0 radical (unpaired) electrons. The summed E-state index contributed by atoms with van der Waals surface area (Å²) in [5.41, 5.74) is 0.264. The van der Waals surface area contributed by atoms with Crippen LogP contribution < -0.4 is 5.32 Å². The van der Waals surface area contributed by atoms with Crippen molar-refractivity contribution in [2.75, 3.05) is 26.2 Å². The second-order valence-corrected chi connectivity index (χ2v) is 10.3. The lowest BCUT2D eigenvalue weighted by molar-refractivity contribution is -0.139. The molecule has 1 N–H and O–H groups in total. The predicted molar refractivity (Wildman–Crippen MR) is 121 cm³/mol. The summed E-state index contributed by atoms with van der Waals surface area (Å²) in [6, 6.07) is -0.666. The highest BCUT2D eigenvalue weighted by atomic mass is 16.6. The molecule has 3 heterocycles. The summed E-state index contributed by atoms with van der Waals surface area (Å²) in [5.74, 6) is 0.764. The molecule has 10 heteroatoms. The minimum absolute atomic E-state index is 0.0496. The molecule has 33 heavy (non-hydrogen) atoms.